The van der Waals surface area contributed by atoms with E-state index < -0.39 is 0 Å². The molecule has 1 nitrogen and oxygen atoms in total. The number of carbonyl (C=O) groups is 1. The summed E-state index contributed by atoms with van der Waals surface area (Å²) >= 11 is 10.7. The van der Waals surface area contributed by atoms with Gasteiger partial charge >= 0.3 is 0 Å². The summed E-state index contributed by atoms with van der Waals surface area (Å²) in [7, 11) is 0. The van der Waals surface area contributed by atoms with E-state index in [9.17, 15) is 4.79 Å². The first kappa shape index (κ1) is 15.9. The van der Waals surface area contributed by atoms with E-state index in [1.54, 1.807) is 12.1 Å². The lowest BCUT2D eigenvalue weighted by Gasteiger charge is -2.16. The third-order valence-corrected chi connectivity index (χ3v) is 4.33. The van der Waals surface area contributed by atoms with Crippen LogP contribution in [-0.4, -0.2) is 11.5 Å². The van der Waals surface area contributed by atoms with Crippen LogP contribution in [0.3, 0.4) is 0 Å². The molecule has 0 saturated carbocycles. The Morgan fingerprint density at radius 3 is 1.83 bits per heavy atom. The van der Waals surface area contributed by atoms with Gasteiger partial charge in [0.1, 0.15) is 0 Å². The number of halogens is 1. The van der Waals surface area contributed by atoms with Crippen molar-refractivity contribution in [2.24, 2.45) is 0 Å². The highest BCUT2D eigenvalue weighted by molar-refractivity contribution is 7.81. The molecule has 3 heteroatoms. The van der Waals surface area contributed by atoms with Gasteiger partial charge in [-0.15, -0.1) is 0 Å². The SMILES string of the molecule is O=C(CS)c1ccc(Cl)c(-c2ccccc2)c1-c1ccccc1. The van der Waals surface area contributed by atoms with E-state index in [0.717, 1.165) is 22.3 Å². The van der Waals surface area contributed by atoms with Crippen LogP contribution in [-0.2, 0) is 0 Å². The summed E-state index contributed by atoms with van der Waals surface area (Å²) in [5.74, 6) is 0.149. The lowest BCUT2D eigenvalue weighted by Crippen LogP contribution is -2.04. The topological polar surface area (TPSA) is 17.1 Å². The average Bonchev–Trinajstić information content (AvgIpc) is 2.62. The monoisotopic (exact) mass is 338 g/mol. The fraction of sp³-hybridized carbons (Fsp3) is 0.0500. The summed E-state index contributed by atoms with van der Waals surface area (Å²) in [6.45, 7) is 0. The average molecular weight is 339 g/mol. The molecule has 0 aliphatic carbocycles. The molecule has 0 aromatic heterocycles. The molecule has 3 aromatic carbocycles. The van der Waals surface area contributed by atoms with Crippen LogP contribution in [0, 0.1) is 0 Å². The molecule has 0 saturated heterocycles. The van der Waals surface area contributed by atoms with Crippen molar-refractivity contribution in [1.29, 1.82) is 0 Å². The normalized spacial score (nSPS) is 10.5. The molecule has 0 aliphatic heterocycles. The van der Waals surface area contributed by atoms with Crippen molar-refractivity contribution in [3.05, 3.63) is 83.4 Å². The number of hydrogen-bond acceptors (Lipinski definition) is 2. The molecule has 0 unspecified atom stereocenters. The Morgan fingerprint density at radius 2 is 1.30 bits per heavy atom. The fourth-order valence-corrected chi connectivity index (χ4v) is 3.12. The number of thiol groups is 1. The number of Topliss-reactive ketones (excluding diaryl/α,β-unsaturated/α-hetero) is 1. The van der Waals surface area contributed by atoms with Crippen molar-refractivity contribution >= 4 is 30.0 Å². The summed E-state index contributed by atoms with van der Waals surface area (Å²) in [6.07, 6.45) is 0. The molecular weight excluding hydrogens is 324 g/mol. The van der Waals surface area contributed by atoms with Crippen LogP contribution in [0.1, 0.15) is 10.4 Å². The highest BCUT2D eigenvalue weighted by Gasteiger charge is 2.19. The minimum Gasteiger partial charge on any atom is -0.293 e. The molecule has 0 spiro atoms. The van der Waals surface area contributed by atoms with Crippen LogP contribution in [0.4, 0.5) is 0 Å². The molecule has 0 heterocycles. The lowest BCUT2D eigenvalue weighted by atomic mass is 9.89. The molecule has 0 aliphatic rings. The van der Waals surface area contributed by atoms with Gasteiger partial charge < -0.3 is 0 Å². The summed E-state index contributed by atoms with van der Waals surface area (Å²) in [4.78, 5) is 12.4. The predicted molar refractivity (Wildman–Crippen MR) is 101 cm³/mol. The van der Waals surface area contributed by atoms with Crippen LogP contribution in [0.25, 0.3) is 22.3 Å². The zero-order valence-electron chi connectivity index (χ0n) is 12.4. The van der Waals surface area contributed by atoms with Crippen molar-refractivity contribution in [3.8, 4) is 22.3 Å². The van der Waals surface area contributed by atoms with Crippen LogP contribution in [0.15, 0.2) is 72.8 Å². The van der Waals surface area contributed by atoms with Crippen LogP contribution < -0.4 is 0 Å². The van der Waals surface area contributed by atoms with E-state index in [-0.39, 0.29) is 11.5 Å². The van der Waals surface area contributed by atoms with E-state index in [2.05, 4.69) is 12.6 Å². The highest BCUT2D eigenvalue weighted by Crippen LogP contribution is 2.40. The summed E-state index contributed by atoms with van der Waals surface area (Å²) in [5.41, 5.74) is 4.35. The summed E-state index contributed by atoms with van der Waals surface area (Å²) in [5, 5.41) is 0.630. The van der Waals surface area contributed by atoms with Gasteiger partial charge in [0.15, 0.2) is 5.78 Å². The van der Waals surface area contributed by atoms with Crippen molar-refractivity contribution in [2.75, 3.05) is 5.75 Å². The standard InChI is InChI=1S/C20H15ClOS/c21-17-12-11-16(18(22)13-23)19(14-7-3-1-4-8-14)20(17)15-9-5-2-6-10-15/h1-12,23H,13H2. The Labute approximate surface area is 146 Å². The molecule has 0 amide bonds. The summed E-state index contributed by atoms with van der Waals surface area (Å²) in [6, 6.07) is 23.3. The maximum absolute atomic E-state index is 12.4. The number of ketones is 1. The van der Waals surface area contributed by atoms with E-state index in [1.165, 1.54) is 0 Å². The molecular formula is C20H15ClOS. The largest absolute Gasteiger partial charge is 0.293 e. The maximum Gasteiger partial charge on any atom is 0.173 e. The molecule has 3 rings (SSSR count). The summed E-state index contributed by atoms with van der Waals surface area (Å²) < 4.78 is 0. The van der Waals surface area contributed by atoms with E-state index in [4.69, 9.17) is 11.6 Å². The van der Waals surface area contributed by atoms with Crippen molar-refractivity contribution in [1.82, 2.24) is 0 Å². The van der Waals surface area contributed by atoms with Gasteiger partial charge in [-0.05, 0) is 23.3 Å². The molecule has 0 N–H and O–H groups in total. The molecule has 0 bridgehead atoms. The molecule has 23 heavy (non-hydrogen) atoms. The van der Waals surface area contributed by atoms with E-state index in [0.29, 0.717) is 10.6 Å². The highest BCUT2D eigenvalue weighted by atomic mass is 35.5. The van der Waals surface area contributed by atoms with Crippen LogP contribution in [0.2, 0.25) is 5.02 Å². The first-order valence-corrected chi connectivity index (χ1v) is 8.31. The molecule has 0 radical (unpaired) electrons. The third kappa shape index (κ3) is 3.19. The molecule has 3 aromatic rings. The maximum atomic E-state index is 12.4. The van der Waals surface area contributed by atoms with Crippen LogP contribution >= 0.6 is 24.2 Å². The second-order valence-electron chi connectivity index (χ2n) is 5.16. The minimum absolute atomic E-state index is 0.0129. The fourth-order valence-electron chi connectivity index (χ4n) is 2.69. The van der Waals surface area contributed by atoms with E-state index >= 15 is 0 Å². The Bertz CT molecular complexity index is 829. The smallest absolute Gasteiger partial charge is 0.173 e. The zero-order chi connectivity index (χ0) is 16.2. The lowest BCUT2D eigenvalue weighted by molar-refractivity contribution is 0.102. The van der Waals surface area contributed by atoms with Gasteiger partial charge in [0.25, 0.3) is 0 Å². The molecule has 0 fully saturated rings. The third-order valence-electron chi connectivity index (χ3n) is 3.72. The van der Waals surface area contributed by atoms with Gasteiger partial charge in [0.2, 0.25) is 0 Å². The van der Waals surface area contributed by atoms with Gasteiger partial charge in [0.05, 0.1) is 5.75 Å². The van der Waals surface area contributed by atoms with Gasteiger partial charge in [-0.25, -0.2) is 0 Å². The van der Waals surface area contributed by atoms with Gasteiger partial charge in [-0.2, -0.15) is 12.6 Å². The Balaban J connectivity index is 2.36. The number of benzene rings is 3. The van der Waals surface area contributed by atoms with E-state index in [1.807, 2.05) is 60.7 Å². The Morgan fingerprint density at radius 1 is 0.783 bits per heavy atom. The minimum atomic E-state index is -0.0129. The quantitative estimate of drug-likeness (QED) is 0.471. The van der Waals surface area contributed by atoms with Crippen LogP contribution in [0.5, 0.6) is 0 Å². The molecule has 114 valence electrons. The van der Waals surface area contributed by atoms with Crippen molar-refractivity contribution in [3.63, 3.8) is 0 Å². The zero-order valence-corrected chi connectivity index (χ0v) is 14.0. The Hall–Kier alpha value is -2.03. The number of hydrogen-bond donors (Lipinski definition) is 1. The van der Waals surface area contributed by atoms with Gasteiger partial charge in [0, 0.05) is 21.7 Å². The molecule has 0 atom stereocenters. The van der Waals surface area contributed by atoms with Gasteiger partial charge in [-0.3, -0.25) is 4.79 Å². The first-order valence-electron chi connectivity index (χ1n) is 7.29. The predicted octanol–water partition coefficient (Wildman–Crippen LogP) is 5.79. The second-order valence-corrected chi connectivity index (χ2v) is 5.88. The van der Waals surface area contributed by atoms with Crippen molar-refractivity contribution < 1.29 is 4.79 Å². The second kappa shape index (κ2) is 7.03. The number of carbonyl (C=O) groups excluding carboxylic acids is 1. The van der Waals surface area contributed by atoms with Gasteiger partial charge in [-0.1, -0.05) is 72.3 Å². The Kier molecular flexibility index (Phi) is 4.85. The number of rotatable bonds is 4. The first-order chi connectivity index (χ1) is 11.2. The van der Waals surface area contributed by atoms with Crippen molar-refractivity contribution in [2.45, 2.75) is 0 Å².